The highest BCUT2D eigenvalue weighted by atomic mass is 32.1. The van der Waals surface area contributed by atoms with Crippen LogP contribution in [0.4, 0.5) is 0 Å². The molecule has 1 unspecified atom stereocenters. The van der Waals surface area contributed by atoms with Gasteiger partial charge in [-0.3, -0.25) is 14.6 Å². The number of thiophene rings is 1. The van der Waals surface area contributed by atoms with Gasteiger partial charge in [0, 0.05) is 49.7 Å². The van der Waals surface area contributed by atoms with E-state index >= 15 is 0 Å². The second-order valence-corrected chi connectivity index (χ2v) is 8.25. The molecule has 5 rings (SSSR count). The number of nitrogens with zero attached hydrogens (tertiary/aromatic N) is 5. The molecule has 3 aromatic rings. The summed E-state index contributed by atoms with van der Waals surface area (Å²) < 4.78 is 7.18. The summed E-state index contributed by atoms with van der Waals surface area (Å²) in [5.74, 6) is 1.15. The predicted molar refractivity (Wildman–Crippen MR) is 104 cm³/mol. The topological polar surface area (TPSA) is 79.4 Å². The smallest absolute Gasteiger partial charge is 0.289 e. The minimum absolute atomic E-state index is 0.160. The van der Waals surface area contributed by atoms with Gasteiger partial charge in [-0.05, 0) is 17.5 Å². The molecule has 2 aliphatic heterocycles. The van der Waals surface area contributed by atoms with E-state index in [0.717, 1.165) is 50.0 Å². The quantitative estimate of drug-likeness (QED) is 0.705. The Labute approximate surface area is 166 Å². The SMILES string of the molecule is O=C(NCc1cccs1)c1nnc2n1CCN1CCN(Cc3ccoc3)CC21. The van der Waals surface area contributed by atoms with Crippen molar-refractivity contribution in [1.82, 2.24) is 29.9 Å². The van der Waals surface area contributed by atoms with Crippen molar-refractivity contribution >= 4 is 17.2 Å². The molecule has 5 heterocycles. The summed E-state index contributed by atoms with van der Waals surface area (Å²) in [7, 11) is 0. The van der Waals surface area contributed by atoms with Crippen LogP contribution in [-0.4, -0.2) is 56.7 Å². The van der Waals surface area contributed by atoms with Gasteiger partial charge in [-0.2, -0.15) is 0 Å². The van der Waals surface area contributed by atoms with Gasteiger partial charge < -0.3 is 14.3 Å². The fraction of sp³-hybridized carbons (Fsp3) is 0.421. The maximum Gasteiger partial charge on any atom is 0.289 e. The number of hydrogen-bond acceptors (Lipinski definition) is 7. The summed E-state index contributed by atoms with van der Waals surface area (Å²) in [6.07, 6.45) is 3.51. The predicted octanol–water partition coefficient (Wildman–Crippen LogP) is 1.74. The third-order valence-corrected chi connectivity index (χ3v) is 6.33. The molecule has 0 bridgehead atoms. The Morgan fingerprint density at radius 1 is 1.25 bits per heavy atom. The van der Waals surface area contributed by atoms with Crippen LogP contribution >= 0.6 is 11.3 Å². The standard InChI is InChI=1S/C19H22N6O2S/c26-19(20-10-15-2-1-9-28-15)18-22-21-17-16-12-23(11-14-3-8-27-13-14)4-5-24(16)6-7-25(17)18/h1-3,8-9,13,16H,4-7,10-12H2,(H,20,26). The first-order valence-electron chi connectivity index (χ1n) is 9.49. The largest absolute Gasteiger partial charge is 0.472 e. The lowest BCUT2D eigenvalue weighted by Gasteiger charge is -2.43. The molecule has 1 N–H and O–H groups in total. The van der Waals surface area contributed by atoms with E-state index < -0.39 is 0 Å². The van der Waals surface area contributed by atoms with Gasteiger partial charge in [-0.15, -0.1) is 21.5 Å². The highest BCUT2D eigenvalue weighted by Gasteiger charge is 2.36. The number of carbonyl (C=O) groups is 1. The molecule has 0 spiro atoms. The van der Waals surface area contributed by atoms with Crippen molar-refractivity contribution in [2.75, 3.05) is 26.2 Å². The summed E-state index contributed by atoms with van der Waals surface area (Å²) in [5.41, 5.74) is 1.18. The number of fused-ring (bicyclic) bond motifs is 3. The lowest BCUT2D eigenvalue weighted by molar-refractivity contribution is 0.0457. The molecule has 1 amide bonds. The maximum absolute atomic E-state index is 12.6. The minimum Gasteiger partial charge on any atom is -0.472 e. The van der Waals surface area contributed by atoms with Gasteiger partial charge in [-0.25, -0.2) is 0 Å². The fourth-order valence-electron chi connectivity index (χ4n) is 4.01. The third kappa shape index (κ3) is 3.36. The van der Waals surface area contributed by atoms with Crippen LogP contribution in [0.25, 0.3) is 0 Å². The zero-order chi connectivity index (χ0) is 18.9. The number of amides is 1. The van der Waals surface area contributed by atoms with Gasteiger partial charge in [-0.1, -0.05) is 6.07 Å². The molecule has 146 valence electrons. The Kier molecular flexibility index (Phi) is 4.71. The highest BCUT2D eigenvalue weighted by molar-refractivity contribution is 7.09. The number of piperazine rings is 1. The number of nitrogens with one attached hydrogen (secondary N) is 1. The van der Waals surface area contributed by atoms with E-state index in [1.54, 1.807) is 23.9 Å². The minimum atomic E-state index is -0.160. The number of rotatable bonds is 5. The molecule has 1 atom stereocenters. The normalized spacial score (nSPS) is 19.9. The van der Waals surface area contributed by atoms with E-state index in [2.05, 4.69) is 25.3 Å². The fourth-order valence-corrected chi connectivity index (χ4v) is 4.66. The first kappa shape index (κ1) is 17.6. The van der Waals surface area contributed by atoms with Gasteiger partial charge in [0.2, 0.25) is 5.82 Å². The monoisotopic (exact) mass is 398 g/mol. The number of hydrogen-bond donors (Lipinski definition) is 1. The molecule has 3 aromatic heterocycles. The molecule has 0 aliphatic carbocycles. The Balaban J connectivity index is 1.30. The van der Waals surface area contributed by atoms with Crippen LogP contribution in [-0.2, 0) is 19.6 Å². The molecule has 1 saturated heterocycles. The van der Waals surface area contributed by atoms with Gasteiger partial charge >= 0.3 is 0 Å². The van der Waals surface area contributed by atoms with Crippen molar-refractivity contribution in [3.8, 4) is 0 Å². The molecule has 8 nitrogen and oxygen atoms in total. The van der Waals surface area contributed by atoms with Crippen LogP contribution in [0, 0.1) is 0 Å². The van der Waals surface area contributed by atoms with Gasteiger partial charge in [0.1, 0.15) is 0 Å². The molecule has 0 radical (unpaired) electrons. The second kappa shape index (κ2) is 7.50. The molecule has 2 aliphatic rings. The Bertz CT molecular complexity index is 936. The van der Waals surface area contributed by atoms with E-state index in [0.29, 0.717) is 12.4 Å². The molecule has 28 heavy (non-hydrogen) atoms. The van der Waals surface area contributed by atoms with Crippen LogP contribution in [0.5, 0.6) is 0 Å². The third-order valence-electron chi connectivity index (χ3n) is 5.46. The average molecular weight is 398 g/mol. The summed E-state index contributed by atoms with van der Waals surface area (Å²) in [6.45, 7) is 5.94. The molecule has 1 fully saturated rings. The lowest BCUT2D eigenvalue weighted by atomic mass is 10.1. The zero-order valence-electron chi connectivity index (χ0n) is 15.5. The van der Waals surface area contributed by atoms with Crippen molar-refractivity contribution in [3.63, 3.8) is 0 Å². The average Bonchev–Trinajstić information content (AvgIpc) is 3.47. The molecule has 0 saturated carbocycles. The van der Waals surface area contributed by atoms with Crippen LogP contribution < -0.4 is 5.32 Å². The van der Waals surface area contributed by atoms with Crippen LogP contribution in [0.2, 0.25) is 0 Å². The van der Waals surface area contributed by atoms with E-state index in [-0.39, 0.29) is 11.9 Å². The van der Waals surface area contributed by atoms with Crippen molar-refractivity contribution in [2.24, 2.45) is 0 Å². The first-order valence-corrected chi connectivity index (χ1v) is 10.4. The van der Waals surface area contributed by atoms with Crippen LogP contribution in [0.3, 0.4) is 0 Å². The Morgan fingerprint density at radius 2 is 2.18 bits per heavy atom. The number of aromatic nitrogens is 3. The Morgan fingerprint density at radius 3 is 3.00 bits per heavy atom. The van der Waals surface area contributed by atoms with Crippen molar-refractivity contribution in [3.05, 3.63) is 58.2 Å². The molecular formula is C19H22N6O2S. The highest BCUT2D eigenvalue weighted by Crippen LogP contribution is 2.29. The lowest BCUT2D eigenvalue weighted by Crippen LogP contribution is -2.52. The number of carbonyl (C=O) groups excluding carboxylic acids is 1. The van der Waals surface area contributed by atoms with E-state index in [1.807, 2.05) is 28.1 Å². The number of furan rings is 1. The summed E-state index contributed by atoms with van der Waals surface area (Å²) in [5, 5.41) is 13.6. The van der Waals surface area contributed by atoms with Gasteiger partial charge in [0.05, 0.1) is 25.1 Å². The van der Waals surface area contributed by atoms with Crippen LogP contribution in [0.1, 0.15) is 32.9 Å². The summed E-state index contributed by atoms with van der Waals surface area (Å²) >= 11 is 1.63. The zero-order valence-corrected chi connectivity index (χ0v) is 16.3. The van der Waals surface area contributed by atoms with E-state index in [9.17, 15) is 4.79 Å². The van der Waals surface area contributed by atoms with Crippen molar-refractivity contribution < 1.29 is 9.21 Å². The molecule has 9 heteroatoms. The van der Waals surface area contributed by atoms with Crippen molar-refractivity contribution in [1.29, 1.82) is 0 Å². The van der Waals surface area contributed by atoms with Crippen LogP contribution in [0.15, 0.2) is 40.5 Å². The van der Waals surface area contributed by atoms with E-state index in [1.165, 1.54) is 5.56 Å². The van der Waals surface area contributed by atoms with Crippen molar-refractivity contribution in [2.45, 2.75) is 25.7 Å². The molecule has 0 aromatic carbocycles. The Hall–Kier alpha value is -2.49. The van der Waals surface area contributed by atoms with Gasteiger partial charge in [0.15, 0.2) is 5.82 Å². The van der Waals surface area contributed by atoms with Gasteiger partial charge in [0.25, 0.3) is 5.91 Å². The van der Waals surface area contributed by atoms with E-state index in [4.69, 9.17) is 4.42 Å². The summed E-state index contributed by atoms with van der Waals surface area (Å²) in [4.78, 5) is 18.6. The summed E-state index contributed by atoms with van der Waals surface area (Å²) in [6, 6.07) is 6.17. The molecular weight excluding hydrogens is 376 g/mol. The second-order valence-electron chi connectivity index (χ2n) is 7.21. The maximum atomic E-state index is 12.6. The first-order chi connectivity index (χ1) is 13.8.